The van der Waals surface area contributed by atoms with Gasteiger partial charge in [0, 0.05) is 25.8 Å². The van der Waals surface area contributed by atoms with Crippen LogP contribution in [0, 0.1) is 0 Å². The molecule has 0 aromatic rings. The molecular formula is C11H20N2. The molecule has 0 spiro atoms. The van der Waals surface area contributed by atoms with E-state index in [-0.39, 0.29) is 0 Å². The third-order valence-electron chi connectivity index (χ3n) is 1.87. The van der Waals surface area contributed by atoms with Gasteiger partial charge >= 0.3 is 0 Å². The van der Waals surface area contributed by atoms with E-state index in [1.165, 1.54) is 5.57 Å². The van der Waals surface area contributed by atoms with Crippen LogP contribution in [-0.2, 0) is 0 Å². The van der Waals surface area contributed by atoms with Gasteiger partial charge in [0.2, 0.25) is 0 Å². The van der Waals surface area contributed by atoms with Crippen LogP contribution >= 0.6 is 0 Å². The van der Waals surface area contributed by atoms with Crippen molar-refractivity contribution in [2.24, 2.45) is 0 Å². The second-order valence-electron chi connectivity index (χ2n) is 2.55. The molecule has 2 nitrogen and oxygen atoms in total. The van der Waals surface area contributed by atoms with Gasteiger partial charge in [0.25, 0.3) is 0 Å². The van der Waals surface area contributed by atoms with Crippen LogP contribution < -0.4 is 10.6 Å². The molecule has 1 aliphatic heterocycles. The van der Waals surface area contributed by atoms with Crippen molar-refractivity contribution in [2.45, 2.75) is 13.8 Å². The largest absolute Gasteiger partial charge is 0.388 e. The fraction of sp³-hybridized carbons (Fsp3) is 0.455. The maximum absolute atomic E-state index is 3.94. The molecule has 0 radical (unpaired) electrons. The van der Waals surface area contributed by atoms with Gasteiger partial charge < -0.3 is 10.6 Å². The van der Waals surface area contributed by atoms with Crippen molar-refractivity contribution < 1.29 is 0 Å². The topological polar surface area (TPSA) is 24.1 Å². The molecule has 13 heavy (non-hydrogen) atoms. The minimum absolute atomic E-state index is 0.897. The fourth-order valence-corrected chi connectivity index (χ4v) is 1.23. The normalized spacial score (nSPS) is 18.8. The molecule has 0 amide bonds. The Balaban J connectivity index is 0.000000671. The Bertz CT molecular complexity index is 214. The summed E-state index contributed by atoms with van der Waals surface area (Å²) in [7, 11) is 1.90. The zero-order valence-corrected chi connectivity index (χ0v) is 8.91. The first kappa shape index (κ1) is 12.0. The van der Waals surface area contributed by atoms with Crippen molar-refractivity contribution in [3.05, 3.63) is 36.1 Å². The first-order chi connectivity index (χ1) is 6.29. The first-order valence-electron chi connectivity index (χ1n) is 4.71. The summed E-state index contributed by atoms with van der Waals surface area (Å²) in [6.45, 7) is 13.5. The minimum atomic E-state index is 0.897. The predicted molar refractivity (Wildman–Crippen MR) is 59.6 cm³/mol. The molecule has 0 aromatic heterocycles. The highest BCUT2D eigenvalue weighted by molar-refractivity contribution is 5.42. The van der Waals surface area contributed by atoms with Crippen molar-refractivity contribution in [3.63, 3.8) is 0 Å². The molecule has 74 valence electrons. The van der Waals surface area contributed by atoms with Crippen molar-refractivity contribution in [1.82, 2.24) is 10.6 Å². The molecule has 0 unspecified atom stereocenters. The predicted octanol–water partition coefficient (Wildman–Crippen LogP) is 1.83. The Hall–Kier alpha value is -1.02. The lowest BCUT2D eigenvalue weighted by molar-refractivity contribution is 0.887. The van der Waals surface area contributed by atoms with Crippen LogP contribution in [0.5, 0.6) is 0 Å². The van der Waals surface area contributed by atoms with Crippen LogP contribution in [0.1, 0.15) is 13.8 Å². The standard InChI is InChI=1S/C9H14N2.C2H6/c1-4-9(10-3)8-6-11-5-7(8)2;1-2/h4,10-11H,1-2,5-6H2,3H3;1-2H3/b9-8+;. The monoisotopic (exact) mass is 180 g/mol. The summed E-state index contributed by atoms with van der Waals surface area (Å²) in [6, 6.07) is 0. The third kappa shape index (κ3) is 3.07. The summed E-state index contributed by atoms with van der Waals surface area (Å²) in [4.78, 5) is 0. The molecule has 1 rings (SSSR count). The van der Waals surface area contributed by atoms with Crippen LogP contribution in [0.3, 0.4) is 0 Å². The summed E-state index contributed by atoms with van der Waals surface area (Å²) in [5.74, 6) is 0. The molecule has 0 aliphatic carbocycles. The van der Waals surface area contributed by atoms with Gasteiger partial charge in [-0.1, -0.05) is 27.0 Å². The van der Waals surface area contributed by atoms with Crippen molar-refractivity contribution in [1.29, 1.82) is 0 Å². The van der Waals surface area contributed by atoms with Crippen molar-refractivity contribution in [2.75, 3.05) is 20.1 Å². The summed E-state index contributed by atoms with van der Waals surface area (Å²) < 4.78 is 0. The molecule has 0 atom stereocenters. The molecule has 1 heterocycles. The van der Waals surface area contributed by atoms with E-state index in [0.29, 0.717) is 0 Å². The van der Waals surface area contributed by atoms with Gasteiger partial charge in [-0.3, -0.25) is 0 Å². The Morgan fingerprint density at radius 3 is 2.38 bits per heavy atom. The fourth-order valence-electron chi connectivity index (χ4n) is 1.23. The van der Waals surface area contributed by atoms with Gasteiger partial charge in [0.05, 0.1) is 0 Å². The maximum atomic E-state index is 3.94. The number of rotatable bonds is 2. The second kappa shape index (κ2) is 6.49. The van der Waals surface area contributed by atoms with Crippen LogP contribution in [0.4, 0.5) is 0 Å². The Morgan fingerprint density at radius 1 is 1.46 bits per heavy atom. The molecule has 0 bridgehead atoms. The van der Waals surface area contributed by atoms with E-state index in [1.807, 2.05) is 27.0 Å². The van der Waals surface area contributed by atoms with Crippen LogP contribution in [0.25, 0.3) is 0 Å². The quantitative estimate of drug-likeness (QED) is 0.677. The molecular weight excluding hydrogens is 160 g/mol. The molecule has 1 saturated heterocycles. The summed E-state index contributed by atoms with van der Waals surface area (Å²) in [5.41, 5.74) is 3.50. The highest BCUT2D eigenvalue weighted by Crippen LogP contribution is 2.15. The van der Waals surface area contributed by atoms with E-state index < -0.39 is 0 Å². The maximum Gasteiger partial charge on any atom is 0.0380 e. The van der Waals surface area contributed by atoms with Crippen molar-refractivity contribution in [3.8, 4) is 0 Å². The Labute approximate surface area is 81.4 Å². The molecule has 1 fully saturated rings. The summed E-state index contributed by atoms with van der Waals surface area (Å²) >= 11 is 0. The average molecular weight is 180 g/mol. The first-order valence-corrected chi connectivity index (χ1v) is 4.71. The second-order valence-corrected chi connectivity index (χ2v) is 2.55. The van der Waals surface area contributed by atoms with E-state index in [4.69, 9.17) is 0 Å². The van der Waals surface area contributed by atoms with E-state index in [9.17, 15) is 0 Å². The van der Waals surface area contributed by atoms with Crippen LogP contribution in [-0.4, -0.2) is 20.1 Å². The van der Waals surface area contributed by atoms with Crippen LogP contribution in [0.15, 0.2) is 36.1 Å². The molecule has 1 aliphatic rings. The Morgan fingerprint density at radius 2 is 2.08 bits per heavy atom. The van der Waals surface area contributed by atoms with E-state index in [2.05, 4.69) is 23.8 Å². The number of hydrogen-bond acceptors (Lipinski definition) is 2. The van der Waals surface area contributed by atoms with E-state index in [1.54, 1.807) is 0 Å². The van der Waals surface area contributed by atoms with E-state index >= 15 is 0 Å². The number of allylic oxidation sites excluding steroid dienone is 1. The molecule has 0 saturated carbocycles. The summed E-state index contributed by atoms with van der Waals surface area (Å²) in [5, 5.41) is 6.31. The minimum Gasteiger partial charge on any atom is -0.388 e. The third-order valence-corrected chi connectivity index (χ3v) is 1.87. The lowest BCUT2D eigenvalue weighted by Crippen LogP contribution is -2.10. The van der Waals surface area contributed by atoms with Gasteiger partial charge in [-0.25, -0.2) is 0 Å². The van der Waals surface area contributed by atoms with Gasteiger partial charge in [-0.15, -0.1) is 0 Å². The van der Waals surface area contributed by atoms with Gasteiger partial charge in [0.1, 0.15) is 0 Å². The number of likely N-dealkylation sites (N-methyl/N-ethyl adjacent to an activating group) is 1. The van der Waals surface area contributed by atoms with Crippen LogP contribution in [0.2, 0.25) is 0 Å². The summed E-state index contributed by atoms with van der Waals surface area (Å²) in [6.07, 6.45) is 1.83. The molecule has 0 aromatic carbocycles. The van der Waals surface area contributed by atoms with Crippen molar-refractivity contribution >= 4 is 0 Å². The smallest absolute Gasteiger partial charge is 0.0380 e. The van der Waals surface area contributed by atoms with Gasteiger partial charge in [-0.05, 0) is 17.2 Å². The Kier molecular flexibility index (Phi) is 5.98. The SMILES string of the molecule is C=C/C(NC)=C1/CNCC1=C.CC. The lowest BCUT2D eigenvalue weighted by Gasteiger charge is -2.05. The zero-order chi connectivity index (χ0) is 10.3. The highest BCUT2D eigenvalue weighted by Gasteiger charge is 2.12. The number of hydrogen-bond donors (Lipinski definition) is 2. The van der Waals surface area contributed by atoms with Gasteiger partial charge in [0.15, 0.2) is 0 Å². The van der Waals surface area contributed by atoms with Gasteiger partial charge in [-0.2, -0.15) is 0 Å². The lowest BCUT2D eigenvalue weighted by atomic mass is 10.1. The zero-order valence-electron chi connectivity index (χ0n) is 8.91. The average Bonchev–Trinajstić information content (AvgIpc) is 2.58. The highest BCUT2D eigenvalue weighted by atomic mass is 14.9. The number of nitrogens with one attached hydrogen (secondary N) is 2. The molecule has 2 N–H and O–H groups in total. The van der Waals surface area contributed by atoms with E-state index in [0.717, 1.165) is 24.4 Å². The molecule has 2 heteroatoms.